The highest BCUT2D eigenvalue weighted by molar-refractivity contribution is 5.91. The second-order valence-corrected chi connectivity index (χ2v) is 7.36. The van der Waals surface area contributed by atoms with E-state index in [1.54, 1.807) is 24.0 Å². The SMILES string of the molecule is CCOC(=O)C1CCCN(C(C)C(=O)N2CCN(C(=O)c3ccco3)CC2)C1. The van der Waals surface area contributed by atoms with Gasteiger partial charge in [0.15, 0.2) is 5.76 Å². The van der Waals surface area contributed by atoms with Gasteiger partial charge in [-0.15, -0.1) is 0 Å². The van der Waals surface area contributed by atoms with E-state index in [2.05, 4.69) is 4.90 Å². The van der Waals surface area contributed by atoms with E-state index in [1.807, 2.05) is 11.8 Å². The van der Waals surface area contributed by atoms with Gasteiger partial charge in [-0.1, -0.05) is 0 Å². The molecule has 1 aromatic heterocycles. The molecular weight excluding hydrogens is 362 g/mol. The van der Waals surface area contributed by atoms with Gasteiger partial charge in [-0.2, -0.15) is 0 Å². The average Bonchev–Trinajstić information content (AvgIpc) is 3.27. The number of carbonyl (C=O) groups is 3. The van der Waals surface area contributed by atoms with E-state index in [9.17, 15) is 14.4 Å². The third-order valence-electron chi connectivity index (χ3n) is 5.59. The predicted octanol–water partition coefficient (Wildman–Crippen LogP) is 1.23. The van der Waals surface area contributed by atoms with Crippen molar-refractivity contribution in [2.24, 2.45) is 5.92 Å². The molecule has 0 bridgehead atoms. The lowest BCUT2D eigenvalue weighted by atomic mass is 9.96. The van der Waals surface area contributed by atoms with Gasteiger partial charge in [-0.25, -0.2) is 0 Å². The first-order valence-corrected chi connectivity index (χ1v) is 10.0. The normalized spacial score (nSPS) is 22.0. The van der Waals surface area contributed by atoms with E-state index >= 15 is 0 Å². The number of hydrogen-bond donors (Lipinski definition) is 0. The molecule has 2 amide bonds. The van der Waals surface area contributed by atoms with Crippen molar-refractivity contribution >= 4 is 17.8 Å². The minimum Gasteiger partial charge on any atom is -0.466 e. The standard InChI is InChI=1S/C20H29N3O5/c1-3-27-20(26)16-6-4-8-23(14-16)15(2)18(24)21-9-11-22(12-10-21)19(25)17-7-5-13-28-17/h5,7,13,15-16H,3-4,6,8-12,14H2,1-2H3. The van der Waals surface area contributed by atoms with Crippen LogP contribution in [0.4, 0.5) is 0 Å². The summed E-state index contributed by atoms with van der Waals surface area (Å²) in [5, 5.41) is 0. The second kappa shape index (κ2) is 9.23. The first-order chi connectivity index (χ1) is 13.5. The molecule has 0 aromatic carbocycles. The Morgan fingerprint density at radius 3 is 2.54 bits per heavy atom. The van der Waals surface area contributed by atoms with Crippen LogP contribution < -0.4 is 0 Å². The molecule has 8 heteroatoms. The molecule has 0 radical (unpaired) electrons. The Morgan fingerprint density at radius 2 is 1.89 bits per heavy atom. The summed E-state index contributed by atoms with van der Waals surface area (Å²) < 4.78 is 10.3. The molecule has 2 fully saturated rings. The predicted molar refractivity (Wildman–Crippen MR) is 102 cm³/mol. The van der Waals surface area contributed by atoms with Gasteiger partial charge in [-0.05, 0) is 45.4 Å². The smallest absolute Gasteiger partial charge is 0.310 e. The number of furan rings is 1. The maximum Gasteiger partial charge on any atom is 0.310 e. The van der Waals surface area contributed by atoms with Crippen LogP contribution in [0.5, 0.6) is 0 Å². The van der Waals surface area contributed by atoms with Crippen molar-refractivity contribution in [3.05, 3.63) is 24.2 Å². The molecule has 3 heterocycles. The van der Waals surface area contributed by atoms with Gasteiger partial charge in [0.25, 0.3) is 5.91 Å². The fourth-order valence-electron chi connectivity index (χ4n) is 3.92. The van der Waals surface area contributed by atoms with E-state index < -0.39 is 0 Å². The summed E-state index contributed by atoms with van der Waals surface area (Å²) in [6.07, 6.45) is 3.17. The Kier molecular flexibility index (Phi) is 6.72. The monoisotopic (exact) mass is 391 g/mol. The molecule has 2 atom stereocenters. The van der Waals surface area contributed by atoms with Crippen LogP contribution in [0, 0.1) is 5.92 Å². The van der Waals surface area contributed by atoms with Crippen molar-refractivity contribution < 1.29 is 23.5 Å². The number of piperazine rings is 1. The number of likely N-dealkylation sites (tertiary alicyclic amines) is 1. The Hall–Kier alpha value is -2.35. The summed E-state index contributed by atoms with van der Waals surface area (Å²) in [4.78, 5) is 42.9. The van der Waals surface area contributed by atoms with Crippen molar-refractivity contribution in [3.63, 3.8) is 0 Å². The van der Waals surface area contributed by atoms with E-state index in [1.165, 1.54) is 6.26 Å². The number of rotatable bonds is 5. The summed E-state index contributed by atoms with van der Waals surface area (Å²) in [7, 11) is 0. The lowest BCUT2D eigenvalue weighted by Gasteiger charge is -2.40. The fraction of sp³-hybridized carbons (Fsp3) is 0.650. The largest absolute Gasteiger partial charge is 0.466 e. The van der Waals surface area contributed by atoms with Crippen LogP contribution in [-0.2, 0) is 14.3 Å². The van der Waals surface area contributed by atoms with Crippen LogP contribution in [0.1, 0.15) is 37.2 Å². The van der Waals surface area contributed by atoms with Crippen LogP contribution in [0.25, 0.3) is 0 Å². The van der Waals surface area contributed by atoms with Crippen molar-refractivity contribution in [2.45, 2.75) is 32.7 Å². The zero-order chi connectivity index (χ0) is 20.1. The van der Waals surface area contributed by atoms with E-state index in [-0.39, 0.29) is 29.7 Å². The topological polar surface area (TPSA) is 83.3 Å². The number of carbonyl (C=O) groups excluding carboxylic acids is 3. The molecule has 0 N–H and O–H groups in total. The highest BCUT2D eigenvalue weighted by Gasteiger charge is 2.34. The maximum absolute atomic E-state index is 13.0. The summed E-state index contributed by atoms with van der Waals surface area (Å²) in [6, 6.07) is 3.05. The molecule has 0 aliphatic carbocycles. The van der Waals surface area contributed by atoms with Gasteiger partial charge < -0.3 is 19.0 Å². The molecule has 0 saturated carbocycles. The zero-order valence-corrected chi connectivity index (χ0v) is 16.6. The molecule has 3 rings (SSSR count). The Labute approximate surface area is 165 Å². The van der Waals surface area contributed by atoms with Crippen LogP contribution >= 0.6 is 0 Å². The highest BCUT2D eigenvalue weighted by atomic mass is 16.5. The molecular formula is C20H29N3O5. The molecule has 1 aromatic rings. The molecule has 8 nitrogen and oxygen atoms in total. The van der Waals surface area contributed by atoms with Gasteiger partial charge in [0.1, 0.15) is 0 Å². The summed E-state index contributed by atoms with van der Waals surface area (Å²) in [5.74, 6) is -0.0943. The maximum atomic E-state index is 13.0. The number of nitrogens with zero attached hydrogens (tertiary/aromatic N) is 3. The van der Waals surface area contributed by atoms with Crippen LogP contribution in [-0.4, -0.2) is 84.4 Å². The lowest BCUT2D eigenvalue weighted by molar-refractivity contribution is -0.152. The number of hydrogen-bond acceptors (Lipinski definition) is 6. The van der Waals surface area contributed by atoms with Crippen molar-refractivity contribution in [2.75, 3.05) is 45.9 Å². The molecule has 28 heavy (non-hydrogen) atoms. The van der Waals surface area contributed by atoms with Crippen LogP contribution in [0.3, 0.4) is 0 Å². The first-order valence-electron chi connectivity index (χ1n) is 10.0. The Bertz CT molecular complexity index is 682. The van der Waals surface area contributed by atoms with E-state index in [4.69, 9.17) is 9.15 Å². The first kappa shape index (κ1) is 20.4. The molecule has 0 spiro atoms. The third-order valence-corrected chi connectivity index (χ3v) is 5.59. The quantitative estimate of drug-likeness (QED) is 0.702. The molecule has 2 unspecified atom stereocenters. The van der Waals surface area contributed by atoms with Crippen LogP contribution in [0.2, 0.25) is 0 Å². The average molecular weight is 391 g/mol. The van der Waals surface area contributed by atoms with Crippen molar-refractivity contribution in [1.29, 1.82) is 0 Å². The molecule has 2 aliphatic rings. The summed E-state index contributed by atoms with van der Waals surface area (Å²) in [5.41, 5.74) is 0. The number of esters is 1. The molecule has 2 aliphatic heterocycles. The zero-order valence-electron chi connectivity index (χ0n) is 16.6. The van der Waals surface area contributed by atoms with Gasteiger partial charge in [0, 0.05) is 32.7 Å². The minimum absolute atomic E-state index is 0.0506. The summed E-state index contributed by atoms with van der Waals surface area (Å²) in [6.45, 7) is 7.44. The van der Waals surface area contributed by atoms with Gasteiger partial charge in [0.2, 0.25) is 5.91 Å². The van der Waals surface area contributed by atoms with Crippen LogP contribution in [0.15, 0.2) is 22.8 Å². The Morgan fingerprint density at radius 1 is 1.18 bits per heavy atom. The molecule has 2 saturated heterocycles. The van der Waals surface area contributed by atoms with E-state index in [0.717, 1.165) is 19.4 Å². The lowest BCUT2D eigenvalue weighted by Crippen LogP contribution is -2.56. The fourth-order valence-corrected chi connectivity index (χ4v) is 3.92. The number of ether oxygens (including phenoxy) is 1. The number of amides is 2. The summed E-state index contributed by atoms with van der Waals surface area (Å²) >= 11 is 0. The van der Waals surface area contributed by atoms with E-state index in [0.29, 0.717) is 45.1 Å². The van der Waals surface area contributed by atoms with Gasteiger partial charge in [0.05, 0.1) is 24.8 Å². The van der Waals surface area contributed by atoms with Crippen molar-refractivity contribution in [1.82, 2.24) is 14.7 Å². The van der Waals surface area contributed by atoms with Crippen molar-refractivity contribution in [3.8, 4) is 0 Å². The second-order valence-electron chi connectivity index (χ2n) is 7.36. The van der Waals surface area contributed by atoms with Gasteiger partial charge in [-0.3, -0.25) is 19.3 Å². The van der Waals surface area contributed by atoms with Gasteiger partial charge >= 0.3 is 5.97 Å². The Balaban J connectivity index is 1.51. The number of piperidine rings is 1. The third kappa shape index (κ3) is 4.55. The molecule has 154 valence electrons. The highest BCUT2D eigenvalue weighted by Crippen LogP contribution is 2.21. The minimum atomic E-state index is -0.287.